The van der Waals surface area contributed by atoms with E-state index < -0.39 is 24.3 Å². The smallest absolute Gasteiger partial charge is 0.407 e. The first-order valence-corrected chi connectivity index (χ1v) is 18.0. The maximum atomic E-state index is 13.3. The number of hydrogen-bond donors (Lipinski definition) is 2. The molecule has 3 aromatic carbocycles. The van der Waals surface area contributed by atoms with Gasteiger partial charge in [-0.15, -0.1) is 0 Å². The molecule has 3 aliphatic heterocycles. The number of hydrogen-bond acceptors (Lipinski definition) is 13. The van der Waals surface area contributed by atoms with Gasteiger partial charge in [0.15, 0.2) is 24.4 Å². The summed E-state index contributed by atoms with van der Waals surface area (Å²) in [5.74, 6) is 3.91. The molecule has 0 spiro atoms. The number of carbonyl (C=O) groups is 1. The first-order valence-electron chi connectivity index (χ1n) is 18.0. The highest BCUT2D eigenvalue weighted by atomic mass is 16.7. The fourth-order valence-electron chi connectivity index (χ4n) is 6.85. The Bertz CT molecular complexity index is 1800. The van der Waals surface area contributed by atoms with Crippen LogP contribution in [0.25, 0.3) is 11.5 Å². The lowest BCUT2D eigenvalue weighted by Gasteiger charge is -2.31. The van der Waals surface area contributed by atoms with E-state index in [1.165, 1.54) is 0 Å². The first-order chi connectivity index (χ1) is 25.8. The summed E-state index contributed by atoms with van der Waals surface area (Å²) in [4.78, 5) is 20.0. The average Bonchev–Trinajstić information content (AvgIpc) is 3.98. The lowest BCUT2D eigenvalue weighted by molar-refractivity contribution is -0.0907. The third kappa shape index (κ3) is 9.38. The number of amides is 1. The van der Waals surface area contributed by atoms with Crippen LogP contribution in [-0.2, 0) is 33.8 Å². The van der Waals surface area contributed by atoms with E-state index in [0.29, 0.717) is 55.2 Å². The Hall–Kier alpha value is -4.89. The van der Waals surface area contributed by atoms with Crippen molar-refractivity contribution < 1.29 is 47.6 Å². The first kappa shape index (κ1) is 36.5. The second-order valence-electron chi connectivity index (χ2n) is 13.9. The van der Waals surface area contributed by atoms with Gasteiger partial charge in [-0.3, -0.25) is 4.90 Å². The van der Waals surface area contributed by atoms with Gasteiger partial charge in [0.2, 0.25) is 12.6 Å². The third-order valence-corrected chi connectivity index (χ3v) is 9.48. The van der Waals surface area contributed by atoms with Gasteiger partial charge >= 0.3 is 6.09 Å². The second-order valence-corrected chi connectivity index (χ2v) is 13.9. The largest absolute Gasteiger partial charge is 0.497 e. The van der Waals surface area contributed by atoms with Gasteiger partial charge in [0.05, 0.1) is 38.4 Å². The molecule has 1 aromatic heterocycles. The number of rotatable bonds is 16. The summed E-state index contributed by atoms with van der Waals surface area (Å²) in [5, 5.41) is 18.8. The summed E-state index contributed by atoms with van der Waals surface area (Å²) in [7, 11) is 1.61. The number of ether oxygens (including phenoxy) is 7. The number of benzene rings is 3. The van der Waals surface area contributed by atoms with Crippen LogP contribution in [0, 0.1) is 11.8 Å². The summed E-state index contributed by atoms with van der Waals surface area (Å²) in [6.45, 7) is 7.08. The Morgan fingerprint density at radius 3 is 2.55 bits per heavy atom. The summed E-state index contributed by atoms with van der Waals surface area (Å²) in [6.07, 6.45) is -1.16. The quantitative estimate of drug-likeness (QED) is 0.160. The minimum absolute atomic E-state index is 0.00128. The SMILES string of the molecule is COc1ccc(-c2nc(COc3ccc(C[C@H](NC(=O)O[C@H]4CO[C@H]5OCC[C@H]54)[C@H](O)CN(Cc4ccc5c(c4)OCO5)CC(C)C)cc3)no2)cc1. The predicted octanol–water partition coefficient (Wildman–Crippen LogP) is 4.97. The molecule has 14 nitrogen and oxygen atoms in total. The van der Waals surface area contributed by atoms with Crippen LogP contribution in [0.15, 0.2) is 71.3 Å². The average molecular weight is 731 g/mol. The molecule has 3 aliphatic rings. The van der Waals surface area contributed by atoms with Crippen molar-refractivity contribution in [3.8, 4) is 34.5 Å². The minimum Gasteiger partial charge on any atom is -0.497 e. The Balaban J connectivity index is 1.00. The topological polar surface area (TPSA) is 156 Å². The molecular formula is C39H46N4O10. The molecule has 0 unspecified atom stereocenters. The van der Waals surface area contributed by atoms with E-state index in [4.69, 9.17) is 37.7 Å². The van der Waals surface area contributed by atoms with Gasteiger partial charge < -0.3 is 48.1 Å². The number of alkyl carbamates (subject to hydrolysis) is 1. The maximum absolute atomic E-state index is 13.3. The zero-order chi connectivity index (χ0) is 36.7. The van der Waals surface area contributed by atoms with Crippen molar-refractivity contribution >= 4 is 6.09 Å². The van der Waals surface area contributed by atoms with E-state index in [2.05, 4.69) is 34.2 Å². The van der Waals surface area contributed by atoms with E-state index in [0.717, 1.165) is 41.2 Å². The molecule has 0 bridgehead atoms. The van der Waals surface area contributed by atoms with Gasteiger partial charge in [-0.1, -0.05) is 37.2 Å². The van der Waals surface area contributed by atoms with Crippen molar-refractivity contribution in [2.75, 3.05) is 40.2 Å². The Morgan fingerprint density at radius 1 is 0.981 bits per heavy atom. The Morgan fingerprint density at radius 2 is 1.75 bits per heavy atom. The van der Waals surface area contributed by atoms with Crippen LogP contribution in [0.5, 0.6) is 23.0 Å². The van der Waals surface area contributed by atoms with Crippen LogP contribution < -0.4 is 24.3 Å². The molecule has 5 atom stereocenters. The minimum atomic E-state index is -0.924. The number of nitrogens with zero attached hydrogens (tertiary/aromatic N) is 3. The molecule has 2 N–H and O–H groups in total. The lowest BCUT2D eigenvalue weighted by Crippen LogP contribution is -2.50. The fraction of sp³-hybridized carbons (Fsp3) is 0.462. The predicted molar refractivity (Wildman–Crippen MR) is 190 cm³/mol. The molecule has 0 radical (unpaired) electrons. The zero-order valence-electron chi connectivity index (χ0n) is 30.1. The number of aliphatic hydroxyl groups is 1. The summed E-state index contributed by atoms with van der Waals surface area (Å²) in [5.41, 5.74) is 2.70. The number of aliphatic hydroxyl groups excluding tert-OH is 1. The van der Waals surface area contributed by atoms with Crippen LogP contribution >= 0.6 is 0 Å². The van der Waals surface area contributed by atoms with Crippen molar-refractivity contribution in [2.45, 2.75) is 64.4 Å². The lowest BCUT2D eigenvalue weighted by atomic mass is 10.00. The number of nitrogens with one attached hydrogen (secondary N) is 1. The number of aromatic nitrogens is 2. The maximum Gasteiger partial charge on any atom is 0.407 e. The number of fused-ring (bicyclic) bond motifs is 2. The molecular weight excluding hydrogens is 684 g/mol. The second kappa shape index (κ2) is 16.8. The molecule has 7 rings (SSSR count). The van der Waals surface area contributed by atoms with Crippen LogP contribution in [0.4, 0.5) is 4.79 Å². The van der Waals surface area contributed by atoms with Gasteiger partial charge in [0, 0.05) is 25.2 Å². The van der Waals surface area contributed by atoms with Crippen molar-refractivity contribution in [1.29, 1.82) is 0 Å². The molecule has 282 valence electrons. The zero-order valence-corrected chi connectivity index (χ0v) is 30.1. The van der Waals surface area contributed by atoms with Gasteiger partial charge in [-0.25, -0.2) is 4.79 Å². The Labute approximate surface area is 308 Å². The van der Waals surface area contributed by atoms with Gasteiger partial charge in [0.1, 0.15) is 17.6 Å². The molecule has 2 saturated heterocycles. The van der Waals surface area contributed by atoms with Gasteiger partial charge in [0.25, 0.3) is 5.89 Å². The molecule has 4 heterocycles. The molecule has 0 aliphatic carbocycles. The van der Waals surface area contributed by atoms with Crippen LogP contribution in [-0.4, -0.2) is 91.0 Å². The normalized spacial score (nSPS) is 20.0. The molecule has 0 saturated carbocycles. The van der Waals surface area contributed by atoms with Crippen molar-refractivity contribution in [1.82, 2.24) is 20.4 Å². The van der Waals surface area contributed by atoms with E-state index >= 15 is 0 Å². The number of methoxy groups -OCH3 is 1. The molecule has 1 amide bonds. The highest BCUT2D eigenvalue weighted by Gasteiger charge is 2.44. The number of carbonyl (C=O) groups excluding carboxylic acids is 1. The van der Waals surface area contributed by atoms with E-state index in [-0.39, 0.29) is 32.2 Å². The summed E-state index contributed by atoms with van der Waals surface area (Å²) in [6, 6.07) is 20.1. The van der Waals surface area contributed by atoms with Gasteiger partial charge in [-0.2, -0.15) is 4.98 Å². The summed E-state index contributed by atoms with van der Waals surface area (Å²) < 4.78 is 44.7. The summed E-state index contributed by atoms with van der Waals surface area (Å²) >= 11 is 0. The van der Waals surface area contributed by atoms with Crippen LogP contribution in [0.2, 0.25) is 0 Å². The van der Waals surface area contributed by atoms with Crippen molar-refractivity contribution in [3.63, 3.8) is 0 Å². The van der Waals surface area contributed by atoms with Gasteiger partial charge in [-0.05, 0) is 78.4 Å². The molecule has 4 aromatic rings. The fourth-order valence-corrected chi connectivity index (χ4v) is 6.85. The van der Waals surface area contributed by atoms with Crippen molar-refractivity contribution in [3.05, 3.63) is 83.7 Å². The van der Waals surface area contributed by atoms with Crippen LogP contribution in [0.3, 0.4) is 0 Å². The Kier molecular flexibility index (Phi) is 11.6. The van der Waals surface area contributed by atoms with Crippen LogP contribution in [0.1, 0.15) is 37.2 Å². The third-order valence-electron chi connectivity index (χ3n) is 9.48. The highest BCUT2D eigenvalue weighted by molar-refractivity contribution is 5.68. The standard InChI is InChI=1S/C39H46N4O10/c1-24(2)18-43(19-26-6-13-33-34(17-26)51-23-50-33)20-32(44)31(40-39(45)52-35-21-49-38-30(35)14-15-47-38)16-25-4-9-29(10-5-25)48-22-36-41-37(53-42-36)27-7-11-28(46-3)12-8-27/h4-13,17,24,30-32,35,38,44H,14-16,18-23H2,1-3H3,(H,40,45)/t30-,31-,32+,35-,38+/m0/s1. The van der Waals surface area contributed by atoms with E-state index in [9.17, 15) is 9.90 Å². The van der Waals surface area contributed by atoms with Crippen molar-refractivity contribution in [2.24, 2.45) is 11.8 Å². The highest BCUT2D eigenvalue weighted by Crippen LogP contribution is 2.34. The van der Waals surface area contributed by atoms with E-state index in [1.54, 1.807) is 7.11 Å². The molecule has 2 fully saturated rings. The van der Waals surface area contributed by atoms with E-state index in [1.807, 2.05) is 66.7 Å². The molecule has 14 heteroatoms. The monoisotopic (exact) mass is 730 g/mol. The molecule has 53 heavy (non-hydrogen) atoms.